The second-order valence-corrected chi connectivity index (χ2v) is 4.18. The van der Waals surface area contributed by atoms with Crippen LogP contribution in [0.25, 0.3) is 0 Å². The average Bonchev–Trinajstić information content (AvgIpc) is 2.20. The van der Waals surface area contributed by atoms with Gasteiger partial charge < -0.3 is 15.9 Å². The quantitative estimate of drug-likeness (QED) is 0.572. The van der Waals surface area contributed by atoms with Crippen LogP contribution in [0.1, 0.15) is 18.0 Å². The number of nitro benzene ring substituents is 1. The molecule has 1 aromatic rings. The molecule has 0 aliphatic carbocycles. The lowest BCUT2D eigenvalue weighted by atomic mass is 10.0. The molecule has 0 spiro atoms. The number of rotatable bonds is 4. The van der Waals surface area contributed by atoms with E-state index in [2.05, 4.69) is 15.9 Å². The standard InChI is InChI=1S/C9H9BrN2O5/c10-6-2-4(12(16)17)1-5(9(6)15)7(11)3-8(13)14/h1-2,7,15H,3,11H2,(H,13,14). The maximum Gasteiger partial charge on any atom is 0.305 e. The summed E-state index contributed by atoms with van der Waals surface area (Å²) in [5.41, 5.74) is 5.30. The summed E-state index contributed by atoms with van der Waals surface area (Å²) >= 11 is 2.94. The van der Waals surface area contributed by atoms with Crippen LogP contribution in [0.3, 0.4) is 0 Å². The molecule has 17 heavy (non-hydrogen) atoms. The monoisotopic (exact) mass is 304 g/mol. The van der Waals surface area contributed by atoms with Gasteiger partial charge in [-0.15, -0.1) is 0 Å². The summed E-state index contributed by atoms with van der Waals surface area (Å²) in [4.78, 5) is 20.4. The number of hydrogen-bond acceptors (Lipinski definition) is 5. The number of nitrogens with zero attached hydrogens (tertiary/aromatic N) is 1. The number of carboxylic acids is 1. The molecule has 0 heterocycles. The Balaban J connectivity index is 3.22. The molecule has 0 amide bonds. The summed E-state index contributed by atoms with van der Waals surface area (Å²) in [6.45, 7) is 0. The van der Waals surface area contributed by atoms with Crippen molar-refractivity contribution < 1.29 is 19.9 Å². The minimum Gasteiger partial charge on any atom is -0.506 e. The zero-order chi connectivity index (χ0) is 13.2. The Morgan fingerprint density at radius 2 is 2.18 bits per heavy atom. The molecule has 0 aliphatic rings. The fourth-order valence-electron chi connectivity index (χ4n) is 1.29. The van der Waals surface area contributed by atoms with Gasteiger partial charge in [-0.1, -0.05) is 0 Å². The van der Waals surface area contributed by atoms with E-state index in [1.165, 1.54) is 0 Å². The Hall–Kier alpha value is -1.67. The van der Waals surface area contributed by atoms with E-state index in [0.717, 1.165) is 12.1 Å². The van der Waals surface area contributed by atoms with E-state index in [1.54, 1.807) is 0 Å². The predicted molar refractivity (Wildman–Crippen MR) is 61.6 cm³/mol. The highest BCUT2D eigenvalue weighted by molar-refractivity contribution is 9.10. The minimum atomic E-state index is -1.15. The third-order valence-corrected chi connectivity index (χ3v) is 2.69. The van der Waals surface area contributed by atoms with Crippen molar-refractivity contribution >= 4 is 27.6 Å². The van der Waals surface area contributed by atoms with Crippen molar-refractivity contribution in [2.45, 2.75) is 12.5 Å². The van der Waals surface area contributed by atoms with Crippen LogP contribution in [0.5, 0.6) is 5.75 Å². The third-order valence-electron chi connectivity index (χ3n) is 2.08. The third kappa shape index (κ3) is 3.14. The highest BCUT2D eigenvalue weighted by atomic mass is 79.9. The van der Waals surface area contributed by atoms with E-state index in [4.69, 9.17) is 10.8 Å². The Morgan fingerprint density at radius 1 is 1.59 bits per heavy atom. The molecule has 0 bridgehead atoms. The number of nitrogens with two attached hydrogens (primary N) is 1. The van der Waals surface area contributed by atoms with Gasteiger partial charge in [-0.2, -0.15) is 0 Å². The summed E-state index contributed by atoms with van der Waals surface area (Å²) in [7, 11) is 0. The van der Waals surface area contributed by atoms with E-state index in [-0.39, 0.29) is 21.5 Å². The molecule has 92 valence electrons. The van der Waals surface area contributed by atoms with E-state index >= 15 is 0 Å². The number of aliphatic carboxylic acids is 1. The molecule has 0 fully saturated rings. The molecule has 1 unspecified atom stereocenters. The molecule has 8 heteroatoms. The maximum atomic E-state index is 10.6. The summed E-state index contributed by atoms with van der Waals surface area (Å²) in [5, 5.41) is 28.8. The average molecular weight is 305 g/mol. The fraction of sp³-hybridized carbons (Fsp3) is 0.222. The smallest absolute Gasteiger partial charge is 0.305 e. The number of nitro groups is 1. The number of benzene rings is 1. The van der Waals surface area contributed by atoms with Crippen molar-refractivity contribution in [3.63, 3.8) is 0 Å². The van der Waals surface area contributed by atoms with E-state index in [0.29, 0.717) is 0 Å². The number of halogens is 1. The van der Waals surface area contributed by atoms with E-state index in [1.807, 2.05) is 0 Å². The van der Waals surface area contributed by atoms with Crippen molar-refractivity contribution in [1.29, 1.82) is 0 Å². The number of carboxylic acid groups (broad SMARTS) is 1. The lowest BCUT2D eigenvalue weighted by Crippen LogP contribution is -2.15. The lowest BCUT2D eigenvalue weighted by Gasteiger charge is -2.12. The first-order chi connectivity index (χ1) is 7.82. The highest BCUT2D eigenvalue weighted by Gasteiger charge is 2.20. The van der Waals surface area contributed by atoms with Crippen molar-refractivity contribution in [3.8, 4) is 5.75 Å². The Bertz CT molecular complexity index is 477. The van der Waals surface area contributed by atoms with E-state index < -0.39 is 23.4 Å². The highest BCUT2D eigenvalue weighted by Crippen LogP contribution is 2.36. The first-order valence-corrected chi connectivity index (χ1v) is 5.26. The molecule has 1 atom stereocenters. The van der Waals surface area contributed by atoms with Crippen molar-refractivity contribution in [3.05, 3.63) is 32.3 Å². The topological polar surface area (TPSA) is 127 Å². The number of aromatic hydroxyl groups is 1. The van der Waals surface area contributed by atoms with Crippen LogP contribution in [0.15, 0.2) is 16.6 Å². The second kappa shape index (κ2) is 5.11. The van der Waals surface area contributed by atoms with Crippen LogP contribution in [0, 0.1) is 10.1 Å². The Kier molecular flexibility index (Phi) is 4.02. The molecular weight excluding hydrogens is 296 g/mol. The van der Waals surface area contributed by atoms with Crippen LogP contribution < -0.4 is 5.73 Å². The summed E-state index contributed by atoms with van der Waals surface area (Å²) in [5.74, 6) is -1.44. The number of phenolic OH excluding ortho intramolecular Hbond substituents is 1. The Labute approximate surface area is 104 Å². The van der Waals surface area contributed by atoms with Crippen molar-refractivity contribution in [1.82, 2.24) is 0 Å². The van der Waals surface area contributed by atoms with Gasteiger partial charge in [0.25, 0.3) is 5.69 Å². The van der Waals surface area contributed by atoms with Crippen LogP contribution in [-0.4, -0.2) is 21.1 Å². The zero-order valence-corrected chi connectivity index (χ0v) is 10.0. The molecule has 0 aromatic heterocycles. The molecule has 7 nitrogen and oxygen atoms in total. The molecule has 1 aromatic carbocycles. The van der Waals surface area contributed by atoms with Gasteiger partial charge in [-0.05, 0) is 15.9 Å². The summed E-state index contributed by atoms with van der Waals surface area (Å²) < 4.78 is 0.0996. The first kappa shape index (κ1) is 13.4. The maximum absolute atomic E-state index is 10.6. The van der Waals surface area contributed by atoms with Crippen molar-refractivity contribution in [2.75, 3.05) is 0 Å². The first-order valence-electron chi connectivity index (χ1n) is 4.47. The zero-order valence-electron chi connectivity index (χ0n) is 8.46. The minimum absolute atomic E-state index is 0.0217. The molecular formula is C9H9BrN2O5. The molecule has 0 saturated heterocycles. The second-order valence-electron chi connectivity index (χ2n) is 3.33. The van der Waals surface area contributed by atoms with Gasteiger partial charge in [0.1, 0.15) is 5.75 Å². The SMILES string of the molecule is NC(CC(=O)O)c1cc([N+](=O)[O-])cc(Br)c1O. The van der Waals surface area contributed by atoms with Crippen molar-refractivity contribution in [2.24, 2.45) is 5.73 Å². The van der Waals surface area contributed by atoms with Gasteiger partial charge in [0.2, 0.25) is 0 Å². The van der Waals surface area contributed by atoms with Crippen LogP contribution in [-0.2, 0) is 4.79 Å². The predicted octanol–water partition coefficient (Wildman–Crippen LogP) is 1.54. The number of phenols is 1. The van der Waals surface area contributed by atoms with E-state index in [9.17, 15) is 20.0 Å². The fourth-order valence-corrected chi connectivity index (χ4v) is 1.76. The Morgan fingerprint density at radius 3 is 2.65 bits per heavy atom. The van der Waals surface area contributed by atoms with Gasteiger partial charge in [-0.25, -0.2) is 0 Å². The van der Waals surface area contributed by atoms with Gasteiger partial charge in [0.05, 0.1) is 15.8 Å². The van der Waals surface area contributed by atoms with Crippen LogP contribution >= 0.6 is 15.9 Å². The molecule has 4 N–H and O–H groups in total. The van der Waals surface area contributed by atoms with Gasteiger partial charge in [0, 0.05) is 23.7 Å². The molecule has 0 aliphatic heterocycles. The van der Waals surface area contributed by atoms with Crippen LogP contribution in [0.2, 0.25) is 0 Å². The summed E-state index contributed by atoms with van der Waals surface area (Å²) in [6, 6.07) is 1.17. The normalized spacial score (nSPS) is 12.1. The molecule has 0 radical (unpaired) electrons. The molecule has 0 saturated carbocycles. The van der Waals surface area contributed by atoms with Gasteiger partial charge >= 0.3 is 5.97 Å². The van der Waals surface area contributed by atoms with Crippen LogP contribution in [0.4, 0.5) is 5.69 Å². The van der Waals surface area contributed by atoms with Gasteiger partial charge in [-0.3, -0.25) is 14.9 Å². The largest absolute Gasteiger partial charge is 0.506 e. The lowest BCUT2D eigenvalue weighted by molar-refractivity contribution is -0.385. The molecule has 1 rings (SSSR count). The number of carbonyl (C=O) groups is 1. The number of hydrogen-bond donors (Lipinski definition) is 3. The summed E-state index contributed by atoms with van der Waals surface area (Å²) in [6.07, 6.45) is -0.429. The number of non-ortho nitro benzene ring substituents is 1. The van der Waals surface area contributed by atoms with Gasteiger partial charge in [0.15, 0.2) is 0 Å².